The van der Waals surface area contributed by atoms with Gasteiger partial charge in [-0.05, 0) is 30.7 Å². The molecule has 0 spiro atoms. The van der Waals surface area contributed by atoms with E-state index in [0.29, 0.717) is 25.2 Å². The van der Waals surface area contributed by atoms with E-state index in [1.165, 1.54) is 0 Å². The van der Waals surface area contributed by atoms with E-state index >= 15 is 0 Å². The standard InChI is InChI=1S/C24H30N4O3/c1-19(17-26-12-14-31-15-13-26)28(18-20-6-3-2-4-7-20)23(29)21-8-5-9-22(16-21)27-11-10-25-24(27)30/h2-9,16,19H,10-15,17-18H2,1H3,(H,25,30). The van der Waals surface area contributed by atoms with Crippen molar-refractivity contribution < 1.29 is 14.3 Å². The molecule has 2 aromatic rings. The molecule has 0 bridgehead atoms. The first-order valence-corrected chi connectivity index (χ1v) is 10.9. The molecule has 3 amide bonds. The Bertz CT molecular complexity index is 899. The molecule has 2 aliphatic heterocycles. The second-order valence-electron chi connectivity index (χ2n) is 8.11. The van der Waals surface area contributed by atoms with E-state index in [1.54, 1.807) is 4.90 Å². The number of nitrogens with zero attached hydrogens (tertiary/aromatic N) is 3. The van der Waals surface area contributed by atoms with Crippen molar-refractivity contribution in [1.82, 2.24) is 15.1 Å². The number of hydrogen-bond acceptors (Lipinski definition) is 4. The van der Waals surface area contributed by atoms with Crippen LogP contribution < -0.4 is 10.2 Å². The third-order valence-corrected chi connectivity index (χ3v) is 5.88. The molecule has 0 aromatic heterocycles. The number of rotatable bonds is 7. The van der Waals surface area contributed by atoms with Crippen molar-refractivity contribution in [3.8, 4) is 0 Å². The maximum absolute atomic E-state index is 13.6. The van der Waals surface area contributed by atoms with Gasteiger partial charge in [-0.2, -0.15) is 0 Å². The predicted octanol–water partition coefficient (Wildman–Crippen LogP) is 2.58. The molecule has 31 heavy (non-hydrogen) atoms. The van der Waals surface area contributed by atoms with Gasteiger partial charge in [0.1, 0.15) is 0 Å². The van der Waals surface area contributed by atoms with Crippen molar-refractivity contribution in [2.75, 3.05) is 50.8 Å². The molecule has 7 heteroatoms. The zero-order valence-corrected chi connectivity index (χ0v) is 18.0. The Morgan fingerprint density at radius 1 is 1.10 bits per heavy atom. The van der Waals surface area contributed by atoms with E-state index in [0.717, 1.165) is 44.1 Å². The number of morpholine rings is 1. The lowest BCUT2D eigenvalue weighted by molar-refractivity contribution is 0.0228. The van der Waals surface area contributed by atoms with Gasteiger partial charge >= 0.3 is 6.03 Å². The van der Waals surface area contributed by atoms with Gasteiger partial charge in [0.05, 0.1) is 13.2 Å². The third kappa shape index (κ3) is 5.24. The van der Waals surface area contributed by atoms with Crippen LogP contribution in [-0.4, -0.2) is 73.7 Å². The van der Waals surface area contributed by atoms with Crippen LogP contribution in [0.4, 0.5) is 10.5 Å². The van der Waals surface area contributed by atoms with Crippen molar-refractivity contribution in [2.24, 2.45) is 0 Å². The quantitative estimate of drug-likeness (QED) is 0.745. The van der Waals surface area contributed by atoms with Crippen LogP contribution in [0.25, 0.3) is 0 Å². The van der Waals surface area contributed by atoms with Crippen molar-refractivity contribution in [2.45, 2.75) is 19.5 Å². The van der Waals surface area contributed by atoms with Crippen LogP contribution in [0.3, 0.4) is 0 Å². The highest BCUT2D eigenvalue weighted by Crippen LogP contribution is 2.21. The number of benzene rings is 2. The summed E-state index contributed by atoms with van der Waals surface area (Å²) in [5, 5.41) is 2.81. The SMILES string of the molecule is CC(CN1CCOCC1)N(Cc1ccccc1)C(=O)c1cccc(N2CCNC2=O)c1. The van der Waals surface area contributed by atoms with Crippen LogP contribution in [0.1, 0.15) is 22.8 Å². The molecule has 0 aliphatic carbocycles. The Balaban J connectivity index is 1.56. The fourth-order valence-corrected chi connectivity index (χ4v) is 4.15. The van der Waals surface area contributed by atoms with E-state index in [-0.39, 0.29) is 18.0 Å². The predicted molar refractivity (Wildman–Crippen MR) is 120 cm³/mol. The van der Waals surface area contributed by atoms with E-state index < -0.39 is 0 Å². The molecule has 2 saturated heterocycles. The maximum atomic E-state index is 13.6. The topological polar surface area (TPSA) is 65.1 Å². The molecule has 4 rings (SSSR count). The van der Waals surface area contributed by atoms with Gasteiger partial charge in [-0.25, -0.2) is 4.79 Å². The lowest BCUT2D eigenvalue weighted by Crippen LogP contribution is -2.48. The first kappa shape index (κ1) is 21.3. The number of carbonyl (C=O) groups is 2. The highest BCUT2D eigenvalue weighted by molar-refractivity contribution is 5.98. The molecule has 2 aromatic carbocycles. The van der Waals surface area contributed by atoms with Gasteiger partial charge in [0, 0.05) is 56.6 Å². The summed E-state index contributed by atoms with van der Waals surface area (Å²) in [6.45, 7) is 7.92. The summed E-state index contributed by atoms with van der Waals surface area (Å²) in [7, 11) is 0. The highest BCUT2D eigenvalue weighted by atomic mass is 16.5. The minimum Gasteiger partial charge on any atom is -0.379 e. The van der Waals surface area contributed by atoms with Crippen LogP contribution in [-0.2, 0) is 11.3 Å². The van der Waals surface area contributed by atoms with E-state index in [2.05, 4.69) is 17.1 Å². The highest BCUT2D eigenvalue weighted by Gasteiger charge is 2.26. The second-order valence-corrected chi connectivity index (χ2v) is 8.11. The normalized spacial score (nSPS) is 18.0. The van der Waals surface area contributed by atoms with Crippen LogP contribution >= 0.6 is 0 Å². The number of carbonyl (C=O) groups excluding carboxylic acids is 2. The summed E-state index contributed by atoms with van der Waals surface area (Å²) >= 11 is 0. The molecule has 1 N–H and O–H groups in total. The molecule has 2 heterocycles. The first-order valence-electron chi connectivity index (χ1n) is 10.9. The summed E-state index contributed by atoms with van der Waals surface area (Å²) in [5.41, 5.74) is 2.45. The zero-order chi connectivity index (χ0) is 21.6. The van der Waals surface area contributed by atoms with Gasteiger partial charge in [-0.15, -0.1) is 0 Å². The van der Waals surface area contributed by atoms with Crippen molar-refractivity contribution in [3.63, 3.8) is 0 Å². The first-order chi connectivity index (χ1) is 15.1. The van der Waals surface area contributed by atoms with Crippen LogP contribution in [0.5, 0.6) is 0 Å². The number of urea groups is 1. The molecule has 1 unspecified atom stereocenters. The average Bonchev–Trinajstić information content (AvgIpc) is 3.24. The molecule has 0 saturated carbocycles. The van der Waals surface area contributed by atoms with Crippen molar-refractivity contribution in [1.29, 1.82) is 0 Å². The molecule has 0 radical (unpaired) electrons. The number of anilines is 1. The monoisotopic (exact) mass is 422 g/mol. The van der Waals surface area contributed by atoms with Crippen LogP contribution in [0.15, 0.2) is 54.6 Å². The van der Waals surface area contributed by atoms with Gasteiger partial charge in [0.2, 0.25) is 0 Å². The average molecular weight is 423 g/mol. The second kappa shape index (κ2) is 9.94. The summed E-state index contributed by atoms with van der Waals surface area (Å²) in [4.78, 5) is 31.7. The Morgan fingerprint density at radius 3 is 2.58 bits per heavy atom. The van der Waals surface area contributed by atoms with Gasteiger partial charge in [-0.1, -0.05) is 36.4 Å². The minimum absolute atomic E-state index is 0.0222. The van der Waals surface area contributed by atoms with E-state index in [4.69, 9.17) is 4.74 Å². The summed E-state index contributed by atoms with van der Waals surface area (Å²) in [5.74, 6) is -0.0222. The molecule has 2 fully saturated rings. The van der Waals surface area contributed by atoms with Gasteiger partial charge in [-0.3, -0.25) is 14.6 Å². The largest absolute Gasteiger partial charge is 0.379 e. The van der Waals surface area contributed by atoms with E-state index in [9.17, 15) is 9.59 Å². The van der Waals surface area contributed by atoms with Gasteiger partial charge in [0.25, 0.3) is 5.91 Å². The van der Waals surface area contributed by atoms with Gasteiger partial charge in [0.15, 0.2) is 0 Å². The molecule has 1 atom stereocenters. The smallest absolute Gasteiger partial charge is 0.321 e. The number of amides is 3. The maximum Gasteiger partial charge on any atom is 0.321 e. The zero-order valence-electron chi connectivity index (χ0n) is 18.0. The summed E-state index contributed by atoms with van der Waals surface area (Å²) in [6, 6.07) is 17.4. The Kier molecular flexibility index (Phi) is 6.84. The van der Waals surface area contributed by atoms with Crippen LogP contribution in [0, 0.1) is 0 Å². The minimum atomic E-state index is -0.119. The van der Waals surface area contributed by atoms with E-state index in [1.807, 2.05) is 59.5 Å². The Labute approximate surface area is 183 Å². The Morgan fingerprint density at radius 2 is 1.87 bits per heavy atom. The van der Waals surface area contributed by atoms with Crippen molar-refractivity contribution in [3.05, 3.63) is 65.7 Å². The molecular formula is C24H30N4O3. The molecular weight excluding hydrogens is 392 g/mol. The number of hydrogen-bond donors (Lipinski definition) is 1. The fourth-order valence-electron chi connectivity index (χ4n) is 4.15. The summed E-state index contributed by atoms with van der Waals surface area (Å²) < 4.78 is 5.47. The molecule has 2 aliphatic rings. The number of ether oxygens (including phenoxy) is 1. The number of nitrogens with one attached hydrogen (secondary N) is 1. The lowest BCUT2D eigenvalue weighted by atomic mass is 10.1. The fraction of sp³-hybridized carbons (Fsp3) is 0.417. The third-order valence-electron chi connectivity index (χ3n) is 5.88. The molecule has 164 valence electrons. The lowest BCUT2D eigenvalue weighted by Gasteiger charge is -2.35. The van der Waals surface area contributed by atoms with Crippen LogP contribution in [0.2, 0.25) is 0 Å². The summed E-state index contributed by atoms with van der Waals surface area (Å²) in [6.07, 6.45) is 0. The Hall–Kier alpha value is -2.90. The van der Waals surface area contributed by atoms with Crippen molar-refractivity contribution >= 4 is 17.6 Å². The molecule has 7 nitrogen and oxygen atoms in total. The van der Waals surface area contributed by atoms with Gasteiger partial charge < -0.3 is 15.0 Å².